The SMILES string of the molecule is ClC1CCCC=C1N1CCCCC1. The Hall–Kier alpha value is -0.170. The summed E-state index contributed by atoms with van der Waals surface area (Å²) in [6, 6.07) is 0. The van der Waals surface area contributed by atoms with Crippen molar-refractivity contribution in [2.45, 2.75) is 43.9 Å². The Morgan fingerprint density at radius 1 is 1.15 bits per heavy atom. The molecule has 1 saturated heterocycles. The molecule has 0 aromatic carbocycles. The highest BCUT2D eigenvalue weighted by Gasteiger charge is 2.21. The summed E-state index contributed by atoms with van der Waals surface area (Å²) in [7, 11) is 0. The number of allylic oxidation sites excluding steroid dienone is 2. The van der Waals surface area contributed by atoms with Crippen LogP contribution in [0.25, 0.3) is 0 Å². The molecular weight excluding hydrogens is 182 g/mol. The molecule has 1 unspecified atom stereocenters. The first-order valence-electron chi connectivity index (χ1n) is 5.47. The summed E-state index contributed by atoms with van der Waals surface area (Å²) in [6.45, 7) is 2.46. The third kappa shape index (κ3) is 2.19. The van der Waals surface area contributed by atoms with E-state index in [1.165, 1.54) is 57.3 Å². The molecule has 74 valence electrons. The smallest absolute Gasteiger partial charge is 0.0730 e. The zero-order valence-corrected chi connectivity index (χ0v) is 8.89. The summed E-state index contributed by atoms with van der Waals surface area (Å²) >= 11 is 6.31. The van der Waals surface area contributed by atoms with Crippen LogP contribution in [0.3, 0.4) is 0 Å². The number of hydrogen-bond acceptors (Lipinski definition) is 1. The molecule has 1 fully saturated rings. The molecule has 0 radical (unpaired) electrons. The largest absolute Gasteiger partial charge is 0.374 e. The first-order valence-corrected chi connectivity index (χ1v) is 5.90. The molecule has 0 spiro atoms. The highest BCUT2D eigenvalue weighted by Crippen LogP contribution is 2.28. The highest BCUT2D eigenvalue weighted by atomic mass is 35.5. The fourth-order valence-electron chi connectivity index (χ4n) is 2.30. The maximum Gasteiger partial charge on any atom is 0.0730 e. The van der Waals surface area contributed by atoms with Gasteiger partial charge in [0.2, 0.25) is 0 Å². The van der Waals surface area contributed by atoms with Gasteiger partial charge in [0, 0.05) is 18.8 Å². The number of rotatable bonds is 1. The Labute approximate surface area is 85.8 Å². The maximum absolute atomic E-state index is 6.31. The van der Waals surface area contributed by atoms with Crippen LogP contribution in [-0.4, -0.2) is 23.4 Å². The van der Waals surface area contributed by atoms with Crippen LogP contribution in [0, 0.1) is 0 Å². The van der Waals surface area contributed by atoms with Gasteiger partial charge >= 0.3 is 0 Å². The summed E-state index contributed by atoms with van der Waals surface area (Å²) in [5.41, 5.74) is 1.42. The average molecular weight is 200 g/mol. The van der Waals surface area contributed by atoms with E-state index in [1.807, 2.05) is 0 Å². The molecule has 0 saturated carbocycles. The summed E-state index contributed by atoms with van der Waals surface area (Å²) in [6.07, 6.45) is 10.1. The monoisotopic (exact) mass is 199 g/mol. The number of alkyl halides is 1. The predicted molar refractivity (Wildman–Crippen MR) is 57.0 cm³/mol. The number of nitrogens with zero attached hydrogens (tertiary/aromatic N) is 1. The molecule has 0 amide bonds. The van der Waals surface area contributed by atoms with E-state index >= 15 is 0 Å². The Kier molecular flexibility index (Phi) is 3.15. The summed E-state index contributed by atoms with van der Waals surface area (Å²) in [5.74, 6) is 0. The van der Waals surface area contributed by atoms with Gasteiger partial charge in [-0.25, -0.2) is 0 Å². The van der Waals surface area contributed by atoms with Crippen LogP contribution in [0.4, 0.5) is 0 Å². The Balaban J connectivity index is 2.00. The normalized spacial score (nSPS) is 30.1. The second kappa shape index (κ2) is 4.36. The third-order valence-corrected chi connectivity index (χ3v) is 3.50. The minimum atomic E-state index is 0.298. The molecule has 13 heavy (non-hydrogen) atoms. The van der Waals surface area contributed by atoms with Crippen LogP contribution < -0.4 is 0 Å². The van der Waals surface area contributed by atoms with E-state index in [9.17, 15) is 0 Å². The Bertz CT molecular complexity index is 194. The fourth-order valence-corrected chi connectivity index (χ4v) is 2.68. The molecule has 2 heteroatoms. The molecule has 0 aromatic rings. The molecule has 0 aromatic heterocycles. The van der Waals surface area contributed by atoms with Gasteiger partial charge in [-0.3, -0.25) is 0 Å². The van der Waals surface area contributed by atoms with Crippen molar-refractivity contribution in [2.24, 2.45) is 0 Å². The molecule has 0 bridgehead atoms. The van der Waals surface area contributed by atoms with Crippen molar-refractivity contribution in [2.75, 3.05) is 13.1 Å². The lowest BCUT2D eigenvalue weighted by molar-refractivity contribution is 0.272. The van der Waals surface area contributed by atoms with E-state index in [1.54, 1.807) is 0 Å². The van der Waals surface area contributed by atoms with Gasteiger partial charge in [0.25, 0.3) is 0 Å². The van der Waals surface area contributed by atoms with E-state index in [-0.39, 0.29) is 0 Å². The van der Waals surface area contributed by atoms with Gasteiger partial charge in [0.15, 0.2) is 0 Å². The quantitative estimate of drug-likeness (QED) is 0.587. The van der Waals surface area contributed by atoms with E-state index in [0.29, 0.717) is 5.38 Å². The molecule has 1 aliphatic heterocycles. The highest BCUT2D eigenvalue weighted by molar-refractivity contribution is 6.22. The molecule has 1 aliphatic carbocycles. The molecule has 1 nitrogen and oxygen atoms in total. The van der Waals surface area contributed by atoms with E-state index in [0.717, 1.165) is 0 Å². The molecule has 0 N–H and O–H groups in total. The fraction of sp³-hybridized carbons (Fsp3) is 0.818. The van der Waals surface area contributed by atoms with E-state index in [4.69, 9.17) is 11.6 Å². The van der Waals surface area contributed by atoms with Gasteiger partial charge in [-0.2, -0.15) is 0 Å². The molecule has 2 aliphatic rings. The van der Waals surface area contributed by atoms with Gasteiger partial charge in [0.1, 0.15) is 0 Å². The van der Waals surface area contributed by atoms with Gasteiger partial charge in [-0.05, 0) is 38.5 Å². The molecular formula is C11H18ClN. The lowest BCUT2D eigenvalue weighted by Crippen LogP contribution is -2.33. The van der Waals surface area contributed by atoms with Crippen LogP contribution in [0.2, 0.25) is 0 Å². The molecule has 1 atom stereocenters. The lowest BCUT2D eigenvalue weighted by atomic mass is 10.0. The van der Waals surface area contributed by atoms with Crippen LogP contribution in [-0.2, 0) is 0 Å². The van der Waals surface area contributed by atoms with Gasteiger partial charge in [-0.1, -0.05) is 6.08 Å². The second-order valence-corrected chi connectivity index (χ2v) is 4.60. The van der Waals surface area contributed by atoms with Crippen molar-refractivity contribution in [3.63, 3.8) is 0 Å². The van der Waals surface area contributed by atoms with Gasteiger partial charge in [0.05, 0.1) is 5.38 Å². The summed E-state index contributed by atoms with van der Waals surface area (Å²) in [5, 5.41) is 0.298. The summed E-state index contributed by atoms with van der Waals surface area (Å²) in [4.78, 5) is 2.50. The molecule has 1 heterocycles. The number of hydrogen-bond donors (Lipinski definition) is 0. The Morgan fingerprint density at radius 2 is 1.92 bits per heavy atom. The second-order valence-electron chi connectivity index (χ2n) is 4.08. The average Bonchev–Trinajstić information content (AvgIpc) is 2.20. The first-order chi connectivity index (χ1) is 6.38. The van der Waals surface area contributed by atoms with Crippen molar-refractivity contribution in [3.8, 4) is 0 Å². The Morgan fingerprint density at radius 3 is 2.62 bits per heavy atom. The van der Waals surface area contributed by atoms with E-state index < -0.39 is 0 Å². The van der Waals surface area contributed by atoms with Crippen LogP contribution in [0.5, 0.6) is 0 Å². The van der Waals surface area contributed by atoms with Gasteiger partial charge in [-0.15, -0.1) is 11.6 Å². The third-order valence-electron chi connectivity index (χ3n) is 3.06. The van der Waals surface area contributed by atoms with Crippen molar-refractivity contribution in [1.29, 1.82) is 0 Å². The number of likely N-dealkylation sites (tertiary alicyclic amines) is 1. The van der Waals surface area contributed by atoms with Crippen molar-refractivity contribution in [1.82, 2.24) is 4.90 Å². The topological polar surface area (TPSA) is 3.24 Å². The predicted octanol–water partition coefficient (Wildman–Crippen LogP) is 3.15. The number of halogens is 1. The maximum atomic E-state index is 6.31. The minimum Gasteiger partial charge on any atom is -0.374 e. The zero-order valence-electron chi connectivity index (χ0n) is 8.14. The van der Waals surface area contributed by atoms with Crippen LogP contribution >= 0.6 is 11.6 Å². The van der Waals surface area contributed by atoms with E-state index in [2.05, 4.69) is 11.0 Å². The van der Waals surface area contributed by atoms with Gasteiger partial charge < -0.3 is 4.90 Å². The van der Waals surface area contributed by atoms with Crippen molar-refractivity contribution in [3.05, 3.63) is 11.8 Å². The molecule has 2 rings (SSSR count). The lowest BCUT2D eigenvalue weighted by Gasteiger charge is -2.35. The van der Waals surface area contributed by atoms with Crippen molar-refractivity contribution >= 4 is 11.6 Å². The van der Waals surface area contributed by atoms with Crippen molar-refractivity contribution < 1.29 is 0 Å². The first kappa shape index (κ1) is 9.39. The standard InChI is InChI=1S/C11H18ClN/c12-10-6-2-3-7-11(10)13-8-4-1-5-9-13/h7,10H,1-6,8-9H2. The van der Waals surface area contributed by atoms with Crippen LogP contribution in [0.15, 0.2) is 11.8 Å². The summed E-state index contributed by atoms with van der Waals surface area (Å²) < 4.78 is 0. The van der Waals surface area contributed by atoms with Crippen LogP contribution in [0.1, 0.15) is 38.5 Å². The minimum absolute atomic E-state index is 0.298. The zero-order chi connectivity index (χ0) is 9.10. The number of piperidine rings is 1.